The number of rotatable bonds is 5. The number of carbonyl (C=O) groups excluding carboxylic acids is 4. The molecular weight excluding hydrogens is 512 g/mol. The molecule has 4 aliphatic carbocycles. The summed E-state index contributed by atoms with van der Waals surface area (Å²) in [5.41, 5.74) is -5.43. The summed E-state index contributed by atoms with van der Waals surface area (Å²) in [5, 5.41) is 34.0. The predicted molar refractivity (Wildman–Crippen MR) is 148 cm³/mol. The third kappa shape index (κ3) is 4.11. The molecule has 0 bridgehead atoms. The second kappa shape index (κ2) is 9.17. The van der Waals surface area contributed by atoms with Crippen molar-refractivity contribution < 1.29 is 39.2 Å². The van der Waals surface area contributed by atoms with Gasteiger partial charge in [-0.05, 0) is 88.7 Å². The molecule has 0 radical (unpaired) electrons. The Morgan fingerprint density at radius 3 is 2.23 bits per heavy atom. The number of ether oxygens (including phenoxy) is 1. The third-order valence-electron chi connectivity index (χ3n) is 11.5. The highest BCUT2D eigenvalue weighted by Gasteiger charge is 2.74. The van der Waals surface area contributed by atoms with Gasteiger partial charge in [0.05, 0.1) is 6.10 Å². The smallest absolute Gasteiger partial charge is 0.303 e. The fraction of sp³-hybridized carbons (Fsp3) is 0.750. The molecule has 0 unspecified atom stereocenters. The number of aliphatic hydroxyl groups excluding tert-OH is 2. The molecule has 0 saturated heterocycles. The van der Waals surface area contributed by atoms with Crippen molar-refractivity contribution in [1.82, 2.24) is 0 Å². The highest BCUT2D eigenvalue weighted by Crippen LogP contribution is 2.74. The maximum atomic E-state index is 14.3. The number of hydrogen-bond donors (Lipinski definition) is 3. The first-order valence-corrected chi connectivity index (χ1v) is 14.4. The van der Waals surface area contributed by atoms with E-state index >= 15 is 0 Å². The van der Waals surface area contributed by atoms with Crippen molar-refractivity contribution in [2.24, 2.45) is 39.4 Å². The first kappa shape index (κ1) is 30.8. The zero-order valence-corrected chi connectivity index (χ0v) is 25.3. The molecule has 222 valence electrons. The van der Waals surface area contributed by atoms with E-state index < -0.39 is 62.7 Å². The SMILES string of the molecule is CC(=O)OC(C)(C)C=CC(=O)[C@@](C)(O)[C@H]1[C@H](O)C[C@@]2(C)[C@H]3CC=C4[C@@H](C[C@@H](O)C(=O)C4(C)C)[C@]3(C)C(=O)C[C@@]12C. The maximum Gasteiger partial charge on any atom is 0.303 e. The molecule has 4 aliphatic rings. The molecule has 0 spiro atoms. The van der Waals surface area contributed by atoms with Gasteiger partial charge >= 0.3 is 5.97 Å². The fourth-order valence-electron chi connectivity index (χ4n) is 9.40. The second-order valence-corrected chi connectivity index (χ2v) is 14.8. The summed E-state index contributed by atoms with van der Waals surface area (Å²) in [4.78, 5) is 52.1. The van der Waals surface area contributed by atoms with Crippen molar-refractivity contribution in [2.45, 2.75) is 111 Å². The van der Waals surface area contributed by atoms with Crippen LogP contribution in [0.15, 0.2) is 23.8 Å². The molecule has 3 saturated carbocycles. The minimum absolute atomic E-state index is 0.0284. The molecule has 9 atom stereocenters. The number of allylic oxidation sites excluding steroid dienone is 2. The van der Waals surface area contributed by atoms with E-state index in [1.165, 1.54) is 26.0 Å². The molecule has 0 heterocycles. The summed E-state index contributed by atoms with van der Waals surface area (Å²) in [6, 6.07) is 0. The van der Waals surface area contributed by atoms with Gasteiger partial charge in [0.15, 0.2) is 11.6 Å². The van der Waals surface area contributed by atoms with Gasteiger partial charge in [-0.25, -0.2) is 0 Å². The zero-order valence-electron chi connectivity index (χ0n) is 25.3. The first-order valence-electron chi connectivity index (χ1n) is 14.4. The molecule has 4 rings (SSSR count). The Kier molecular flexibility index (Phi) is 7.06. The van der Waals surface area contributed by atoms with Crippen LogP contribution in [0.5, 0.6) is 0 Å². The average molecular weight is 559 g/mol. The number of hydrogen-bond acceptors (Lipinski definition) is 8. The Morgan fingerprint density at radius 2 is 1.65 bits per heavy atom. The van der Waals surface area contributed by atoms with Gasteiger partial charge in [0, 0.05) is 30.1 Å². The number of esters is 1. The highest BCUT2D eigenvalue weighted by atomic mass is 16.6. The zero-order chi connectivity index (χ0) is 30.4. The van der Waals surface area contributed by atoms with Gasteiger partial charge in [0.25, 0.3) is 0 Å². The lowest BCUT2D eigenvalue weighted by molar-refractivity contribution is -0.183. The Balaban J connectivity index is 1.75. The van der Waals surface area contributed by atoms with Crippen molar-refractivity contribution in [1.29, 1.82) is 0 Å². The Labute approximate surface area is 237 Å². The number of aliphatic hydroxyl groups is 3. The largest absolute Gasteiger partial charge is 0.456 e. The molecule has 0 aliphatic heterocycles. The van der Waals surface area contributed by atoms with Crippen molar-refractivity contribution in [3.63, 3.8) is 0 Å². The van der Waals surface area contributed by atoms with Crippen LogP contribution in [0.25, 0.3) is 0 Å². The molecular formula is C32H46O8. The van der Waals surface area contributed by atoms with Gasteiger partial charge in [0.2, 0.25) is 0 Å². The van der Waals surface area contributed by atoms with Gasteiger partial charge in [-0.15, -0.1) is 0 Å². The van der Waals surface area contributed by atoms with E-state index in [0.717, 1.165) is 5.57 Å². The second-order valence-electron chi connectivity index (χ2n) is 14.8. The Bertz CT molecular complexity index is 1210. The number of carbonyl (C=O) groups is 4. The topological polar surface area (TPSA) is 138 Å². The van der Waals surface area contributed by atoms with Crippen molar-refractivity contribution >= 4 is 23.3 Å². The summed E-state index contributed by atoms with van der Waals surface area (Å²) in [6.07, 6.45) is 3.55. The molecule has 0 aromatic heterocycles. The summed E-state index contributed by atoms with van der Waals surface area (Å²) in [6.45, 7) is 15.4. The summed E-state index contributed by atoms with van der Waals surface area (Å²) < 4.78 is 5.23. The van der Waals surface area contributed by atoms with Gasteiger partial charge in [-0.2, -0.15) is 0 Å². The normalized spacial score (nSPS) is 42.4. The molecule has 0 aromatic rings. The average Bonchev–Trinajstić information content (AvgIpc) is 3.01. The quantitative estimate of drug-likeness (QED) is 0.265. The third-order valence-corrected chi connectivity index (χ3v) is 11.5. The van der Waals surface area contributed by atoms with Gasteiger partial charge in [-0.3, -0.25) is 19.2 Å². The van der Waals surface area contributed by atoms with Crippen LogP contribution < -0.4 is 0 Å². The van der Waals surface area contributed by atoms with Gasteiger partial charge in [-0.1, -0.05) is 32.4 Å². The van der Waals surface area contributed by atoms with E-state index in [-0.39, 0.29) is 36.2 Å². The van der Waals surface area contributed by atoms with Crippen LogP contribution in [0, 0.1) is 39.4 Å². The highest BCUT2D eigenvalue weighted by molar-refractivity contribution is 5.98. The molecule has 8 heteroatoms. The van der Waals surface area contributed by atoms with E-state index in [9.17, 15) is 34.5 Å². The van der Waals surface area contributed by atoms with E-state index in [2.05, 4.69) is 13.0 Å². The van der Waals surface area contributed by atoms with E-state index in [1.807, 2.05) is 27.7 Å². The van der Waals surface area contributed by atoms with E-state index in [4.69, 9.17) is 4.74 Å². The monoisotopic (exact) mass is 558 g/mol. The van der Waals surface area contributed by atoms with Crippen LogP contribution in [0.2, 0.25) is 0 Å². The summed E-state index contributed by atoms with van der Waals surface area (Å²) in [7, 11) is 0. The lowest BCUT2D eigenvalue weighted by Crippen LogP contribution is -2.65. The Morgan fingerprint density at radius 1 is 1.05 bits per heavy atom. The summed E-state index contributed by atoms with van der Waals surface area (Å²) in [5.74, 6) is -2.85. The van der Waals surface area contributed by atoms with Crippen LogP contribution in [0.3, 0.4) is 0 Å². The molecule has 3 fully saturated rings. The van der Waals surface area contributed by atoms with Gasteiger partial charge in [0.1, 0.15) is 23.1 Å². The van der Waals surface area contributed by atoms with Gasteiger partial charge < -0.3 is 20.1 Å². The Hall–Kier alpha value is -2.16. The van der Waals surface area contributed by atoms with Crippen LogP contribution in [0.1, 0.15) is 88.0 Å². The standard InChI is InChI=1S/C32H46O8/c1-17(33)40-27(2,3)13-12-23(36)32(9,39)25-21(35)15-29(6)22-11-10-18-19(14-20(34)26(38)28(18,4)5)31(22,8)24(37)16-30(25,29)7/h10,12-13,19-22,25,34-35,39H,11,14-16H2,1-9H3/t19-,20-,21-,22-,25+,29+,30+,31+,32-/m1/s1. The van der Waals surface area contributed by atoms with E-state index in [1.54, 1.807) is 13.8 Å². The van der Waals surface area contributed by atoms with Crippen LogP contribution in [-0.2, 0) is 23.9 Å². The van der Waals surface area contributed by atoms with Crippen molar-refractivity contribution in [2.75, 3.05) is 0 Å². The minimum atomic E-state index is -1.99. The number of ketones is 3. The fourth-order valence-corrected chi connectivity index (χ4v) is 9.40. The van der Waals surface area contributed by atoms with Crippen molar-refractivity contribution in [3.8, 4) is 0 Å². The minimum Gasteiger partial charge on any atom is -0.456 e. The lowest BCUT2D eigenvalue weighted by Gasteiger charge is -2.64. The van der Waals surface area contributed by atoms with Crippen LogP contribution in [0.4, 0.5) is 0 Å². The van der Waals surface area contributed by atoms with E-state index in [0.29, 0.717) is 12.8 Å². The molecule has 3 N–H and O–H groups in total. The van der Waals surface area contributed by atoms with Crippen molar-refractivity contribution in [3.05, 3.63) is 23.8 Å². The molecule has 0 amide bonds. The first-order chi connectivity index (χ1) is 18.1. The molecule has 40 heavy (non-hydrogen) atoms. The van der Waals surface area contributed by atoms with Crippen LogP contribution >= 0.6 is 0 Å². The number of Topliss-reactive ketones (excluding diaryl/α,β-unsaturated/α-hetero) is 2. The summed E-state index contributed by atoms with van der Waals surface area (Å²) >= 11 is 0. The van der Waals surface area contributed by atoms with Crippen LogP contribution in [-0.4, -0.2) is 62.0 Å². The molecule has 8 nitrogen and oxygen atoms in total. The molecule has 0 aromatic carbocycles. The predicted octanol–water partition coefficient (Wildman–Crippen LogP) is 3.50. The number of fused-ring (bicyclic) bond motifs is 5. The lowest BCUT2D eigenvalue weighted by atomic mass is 9.38. The maximum absolute atomic E-state index is 14.3.